The lowest BCUT2D eigenvalue weighted by Gasteiger charge is -2.25. The second kappa shape index (κ2) is 6.53. The Morgan fingerprint density at radius 2 is 1.79 bits per heavy atom. The van der Waals surface area contributed by atoms with Crippen molar-refractivity contribution in [1.82, 2.24) is 5.32 Å². The minimum absolute atomic E-state index is 0.415. The number of nitrogens with one attached hydrogen (secondary N) is 1. The lowest BCUT2D eigenvalue weighted by molar-refractivity contribution is 0.386. The van der Waals surface area contributed by atoms with Gasteiger partial charge >= 0.3 is 0 Å². The molecule has 2 rings (SSSR count). The minimum Gasteiger partial charge on any atom is -0.313 e. The molecular formula is C17H22BrN. The van der Waals surface area contributed by atoms with Gasteiger partial charge in [0.05, 0.1) is 0 Å². The van der Waals surface area contributed by atoms with Gasteiger partial charge in [-0.3, -0.25) is 0 Å². The highest BCUT2D eigenvalue weighted by molar-refractivity contribution is 9.10. The zero-order valence-electron chi connectivity index (χ0n) is 11.9. The Morgan fingerprint density at radius 1 is 1.11 bits per heavy atom. The van der Waals surface area contributed by atoms with Gasteiger partial charge in [-0.1, -0.05) is 66.5 Å². The lowest BCUT2D eigenvalue weighted by Crippen LogP contribution is -2.23. The topological polar surface area (TPSA) is 12.0 Å². The van der Waals surface area contributed by atoms with Gasteiger partial charge in [-0.25, -0.2) is 0 Å². The molecule has 102 valence electrons. The summed E-state index contributed by atoms with van der Waals surface area (Å²) in [6.45, 7) is 4.59. The maximum atomic E-state index is 3.65. The SMILES string of the molecule is CCCC(C)C(NC)c1ccc(Br)c2ccccc12. The first-order valence-electron chi connectivity index (χ1n) is 7.03. The summed E-state index contributed by atoms with van der Waals surface area (Å²) in [6, 6.07) is 13.5. The molecular weight excluding hydrogens is 298 g/mol. The molecule has 0 heterocycles. The molecule has 2 unspecified atom stereocenters. The van der Waals surface area contributed by atoms with Crippen molar-refractivity contribution in [2.75, 3.05) is 7.05 Å². The van der Waals surface area contributed by atoms with Crippen molar-refractivity contribution < 1.29 is 0 Å². The van der Waals surface area contributed by atoms with Crippen LogP contribution in [0.1, 0.15) is 38.3 Å². The van der Waals surface area contributed by atoms with Crippen molar-refractivity contribution in [1.29, 1.82) is 0 Å². The summed E-state index contributed by atoms with van der Waals surface area (Å²) in [5.41, 5.74) is 1.40. The quantitative estimate of drug-likeness (QED) is 0.788. The van der Waals surface area contributed by atoms with Crippen molar-refractivity contribution in [2.45, 2.75) is 32.7 Å². The van der Waals surface area contributed by atoms with E-state index < -0.39 is 0 Å². The number of benzene rings is 2. The molecule has 1 N–H and O–H groups in total. The van der Waals surface area contributed by atoms with Crippen LogP contribution in [-0.4, -0.2) is 7.05 Å². The summed E-state index contributed by atoms with van der Waals surface area (Å²) in [5, 5.41) is 6.14. The first kappa shape index (κ1) is 14.5. The van der Waals surface area contributed by atoms with Gasteiger partial charge in [0.1, 0.15) is 0 Å². The Bertz CT molecular complexity index is 550. The van der Waals surface area contributed by atoms with Crippen LogP contribution in [0.4, 0.5) is 0 Å². The van der Waals surface area contributed by atoms with Gasteiger partial charge in [0.2, 0.25) is 0 Å². The molecule has 0 aliphatic carbocycles. The predicted octanol–water partition coefficient (Wildman–Crippen LogP) is 5.30. The molecule has 0 saturated heterocycles. The fraction of sp³-hybridized carbons (Fsp3) is 0.412. The third-order valence-electron chi connectivity index (χ3n) is 3.86. The molecule has 0 saturated carbocycles. The zero-order valence-corrected chi connectivity index (χ0v) is 13.5. The summed E-state index contributed by atoms with van der Waals surface area (Å²) in [6.07, 6.45) is 2.48. The van der Waals surface area contributed by atoms with Crippen molar-refractivity contribution in [3.05, 3.63) is 46.4 Å². The number of fused-ring (bicyclic) bond motifs is 1. The number of hydrogen-bond donors (Lipinski definition) is 1. The van der Waals surface area contributed by atoms with Crippen LogP contribution < -0.4 is 5.32 Å². The molecule has 0 bridgehead atoms. The standard InChI is InChI=1S/C17H22BrN/c1-4-7-12(2)17(19-3)15-10-11-16(18)14-9-6-5-8-13(14)15/h5-6,8-12,17,19H,4,7H2,1-3H3. The van der Waals surface area contributed by atoms with Crippen LogP contribution in [0.2, 0.25) is 0 Å². The molecule has 2 aromatic carbocycles. The highest BCUT2D eigenvalue weighted by Gasteiger charge is 2.19. The van der Waals surface area contributed by atoms with Crippen LogP contribution in [0.5, 0.6) is 0 Å². The molecule has 2 atom stereocenters. The van der Waals surface area contributed by atoms with Crippen molar-refractivity contribution in [2.24, 2.45) is 5.92 Å². The fourth-order valence-corrected chi connectivity index (χ4v) is 3.40. The van der Waals surface area contributed by atoms with E-state index in [1.807, 2.05) is 0 Å². The highest BCUT2D eigenvalue weighted by atomic mass is 79.9. The van der Waals surface area contributed by atoms with E-state index in [4.69, 9.17) is 0 Å². The van der Waals surface area contributed by atoms with Gasteiger partial charge < -0.3 is 5.32 Å². The first-order valence-corrected chi connectivity index (χ1v) is 7.82. The van der Waals surface area contributed by atoms with E-state index in [0.717, 1.165) is 0 Å². The molecule has 0 spiro atoms. The maximum absolute atomic E-state index is 3.65. The Kier molecular flexibility index (Phi) is 5.00. The second-order valence-electron chi connectivity index (χ2n) is 5.21. The Labute approximate surface area is 124 Å². The molecule has 0 radical (unpaired) electrons. The van der Waals surface area contributed by atoms with E-state index in [9.17, 15) is 0 Å². The van der Waals surface area contributed by atoms with E-state index in [2.05, 4.69) is 78.5 Å². The van der Waals surface area contributed by atoms with Gasteiger partial charge in [-0.2, -0.15) is 0 Å². The highest BCUT2D eigenvalue weighted by Crippen LogP contribution is 2.34. The summed E-state index contributed by atoms with van der Waals surface area (Å²) in [7, 11) is 2.06. The van der Waals surface area contributed by atoms with E-state index in [1.165, 1.54) is 33.7 Å². The van der Waals surface area contributed by atoms with Gasteiger partial charge in [0, 0.05) is 10.5 Å². The van der Waals surface area contributed by atoms with Crippen molar-refractivity contribution >= 4 is 26.7 Å². The van der Waals surface area contributed by atoms with Gasteiger partial charge in [0.25, 0.3) is 0 Å². The molecule has 2 aromatic rings. The molecule has 0 fully saturated rings. The molecule has 0 amide bonds. The average Bonchev–Trinajstić information content (AvgIpc) is 2.43. The summed E-state index contributed by atoms with van der Waals surface area (Å²) in [4.78, 5) is 0. The monoisotopic (exact) mass is 319 g/mol. The maximum Gasteiger partial charge on any atom is 0.0349 e. The van der Waals surface area contributed by atoms with E-state index in [-0.39, 0.29) is 0 Å². The number of hydrogen-bond acceptors (Lipinski definition) is 1. The Hall–Kier alpha value is -0.860. The van der Waals surface area contributed by atoms with Crippen LogP contribution >= 0.6 is 15.9 Å². The summed E-state index contributed by atoms with van der Waals surface area (Å²) in [5.74, 6) is 0.639. The normalized spacial score (nSPS) is 14.5. The fourth-order valence-electron chi connectivity index (χ4n) is 2.93. The largest absolute Gasteiger partial charge is 0.313 e. The smallest absolute Gasteiger partial charge is 0.0349 e. The molecule has 19 heavy (non-hydrogen) atoms. The first-order chi connectivity index (χ1) is 9.19. The number of halogens is 1. The van der Waals surface area contributed by atoms with Gasteiger partial charge in [0.15, 0.2) is 0 Å². The van der Waals surface area contributed by atoms with Gasteiger partial charge in [-0.05, 0) is 41.8 Å². The lowest BCUT2D eigenvalue weighted by atomic mass is 9.88. The van der Waals surface area contributed by atoms with Crippen LogP contribution in [-0.2, 0) is 0 Å². The number of rotatable bonds is 5. The summed E-state index contributed by atoms with van der Waals surface area (Å²) >= 11 is 3.65. The molecule has 0 aliphatic heterocycles. The van der Waals surface area contributed by atoms with E-state index in [1.54, 1.807) is 0 Å². The predicted molar refractivity (Wildman–Crippen MR) is 87.5 cm³/mol. The van der Waals surface area contributed by atoms with Crippen LogP contribution in [0, 0.1) is 5.92 Å². The minimum atomic E-state index is 0.415. The van der Waals surface area contributed by atoms with Crippen LogP contribution in [0.15, 0.2) is 40.9 Å². The Balaban J connectivity index is 2.52. The molecule has 1 nitrogen and oxygen atoms in total. The van der Waals surface area contributed by atoms with Crippen LogP contribution in [0.25, 0.3) is 10.8 Å². The average molecular weight is 320 g/mol. The van der Waals surface area contributed by atoms with Gasteiger partial charge in [-0.15, -0.1) is 0 Å². The van der Waals surface area contributed by atoms with Crippen molar-refractivity contribution in [3.63, 3.8) is 0 Å². The Morgan fingerprint density at radius 3 is 2.42 bits per heavy atom. The van der Waals surface area contributed by atoms with E-state index >= 15 is 0 Å². The van der Waals surface area contributed by atoms with Crippen LogP contribution in [0.3, 0.4) is 0 Å². The van der Waals surface area contributed by atoms with Crippen molar-refractivity contribution in [3.8, 4) is 0 Å². The second-order valence-corrected chi connectivity index (χ2v) is 6.07. The molecule has 2 heteroatoms. The molecule has 0 aliphatic rings. The van der Waals surface area contributed by atoms with E-state index in [0.29, 0.717) is 12.0 Å². The molecule has 0 aromatic heterocycles. The third kappa shape index (κ3) is 3.01. The zero-order chi connectivity index (χ0) is 13.8. The third-order valence-corrected chi connectivity index (χ3v) is 4.56. The summed E-state index contributed by atoms with van der Waals surface area (Å²) < 4.78 is 1.17.